The second-order valence-corrected chi connectivity index (χ2v) is 4.98. The van der Waals surface area contributed by atoms with E-state index in [9.17, 15) is 0 Å². The van der Waals surface area contributed by atoms with E-state index in [0.717, 1.165) is 12.3 Å². The molecule has 0 radical (unpaired) electrons. The van der Waals surface area contributed by atoms with E-state index >= 15 is 0 Å². The van der Waals surface area contributed by atoms with Crippen molar-refractivity contribution in [3.05, 3.63) is 40.4 Å². The van der Waals surface area contributed by atoms with Crippen LogP contribution >= 0.6 is 11.6 Å². The van der Waals surface area contributed by atoms with Crippen molar-refractivity contribution in [2.45, 2.75) is 32.2 Å². The molecule has 0 saturated carbocycles. The van der Waals surface area contributed by atoms with E-state index in [0.29, 0.717) is 5.02 Å². The predicted octanol–water partition coefficient (Wildman–Crippen LogP) is 4.11. The van der Waals surface area contributed by atoms with Gasteiger partial charge in [-0.05, 0) is 37.9 Å². The fourth-order valence-electron chi connectivity index (χ4n) is 2.53. The summed E-state index contributed by atoms with van der Waals surface area (Å²) in [5.41, 5.74) is 2.65. The molecule has 1 aliphatic carbocycles. The topological polar surface area (TPSA) is 21.3 Å². The first-order chi connectivity index (χ1) is 8.76. The van der Waals surface area contributed by atoms with E-state index < -0.39 is 0 Å². The molecule has 1 aromatic rings. The Kier molecular flexibility index (Phi) is 4.67. The molecule has 0 heterocycles. The van der Waals surface area contributed by atoms with E-state index in [-0.39, 0.29) is 6.04 Å². The van der Waals surface area contributed by atoms with Gasteiger partial charge in [0.2, 0.25) is 0 Å². The van der Waals surface area contributed by atoms with Crippen molar-refractivity contribution in [1.29, 1.82) is 0 Å². The first-order valence-electron chi connectivity index (χ1n) is 6.52. The highest BCUT2D eigenvalue weighted by Gasteiger charge is 2.21. The van der Waals surface area contributed by atoms with Crippen LogP contribution in [-0.4, -0.2) is 13.7 Å². The maximum atomic E-state index is 6.02. The Bertz CT molecular complexity index is 442. The lowest BCUT2D eigenvalue weighted by molar-refractivity contribution is 0.403. The fourth-order valence-corrected chi connectivity index (χ4v) is 2.69. The Hall–Kier alpha value is -0.990. The first-order valence-corrected chi connectivity index (χ1v) is 6.89. The standard InChI is InChI=1S/C15H20ClNO/c1-3-17-15(11-6-4-5-7-11)13-9-8-12(16)10-14(13)18-2/h6,8-10,15,17H,3-5,7H2,1-2H3. The lowest BCUT2D eigenvalue weighted by Gasteiger charge is -2.22. The lowest BCUT2D eigenvalue weighted by atomic mass is 9.97. The summed E-state index contributed by atoms with van der Waals surface area (Å²) >= 11 is 6.02. The van der Waals surface area contributed by atoms with Crippen LogP contribution < -0.4 is 10.1 Å². The van der Waals surface area contributed by atoms with Gasteiger partial charge in [-0.2, -0.15) is 0 Å². The number of rotatable bonds is 5. The molecular formula is C15H20ClNO. The zero-order chi connectivity index (χ0) is 13.0. The van der Waals surface area contributed by atoms with Crippen LogP contribution in [-0.2, 0) is 0 Å². The highest BCUT2D eigenvalue weighted by atomic mass is 35.5. The summed E-state index contributed by atoms with van der Waals surface area (Å²) in [6.07, 6.45) is 5.96. The van der Waals surface area contributed by atoms with Crippen molar-refractivity contribution in [1.82, 2.24) is 5.32 Å². The number of ether oxygens (including phenoxy) is 1. The second kappa shape index (κ2) is 6.26. The Morgan fingerprint density at radius 2 is 2.28 bits per heavy atom. The molecule has 2 rings (SSSR count). The monoisotopic (exact) mass is 265 g/mol. The van der Waals surface area contributed by atoms with Gasteiger partial charge in [0.05, 0.1) is 13.2 Å². The Morgan fingerprint density at radius 1 is 1.44 bits per heavy atom. The third kappa shape index (κ3) is 2.88. The summed E-state index contributed by atoms with van der Waals surface area (Å²) in [5, 5.41) is 4.26. The summed E-state index contributed by atoms with van der Waals surface area (Å²) in [5.74, 6) is 0.862. The average Bonchev–Trinajstić information content (AvgIpc) is 2.90. The quantitative estimate of drug-likeness (QED) is 0.809. The molecule has 0 aliphatic heterocycles. The van der Waals surface area contributed by atoms with E-state index in [1.54, 1.807) is 7.11 Å². The van der Waals surface area contributed by atoms with Crippen LogP contribution in [0, 0.1) is 0 Å². The number of nitrogens with one attached hydrogen (secondary N) is 1. The van der Waals surface area contributed by atoms with Crippen LogP contribution in [0.4, 0.5) is 0 Å². The zero-order valence-corrected chi connectivity index (χ0v) is 11.8. The molecule has 98 valence electrons. The zero-order valence-electron chi connectivity index (χ0n) is 11.0. The number of methoxy groups -OCH3 is 1. The van der Waals surface area contributed by atoms with Crippen molar-refractivity contribution in [3.63, 3.8) is 0 Å². The lowest BCUT2D eigenvalue weighted by Crippen LogP contribution is -2.22. The molecule has 1 N–H and O–H groups in total. The summed E-state index contributed by atoms with van der Waals surface area (Å²) in [6, 6.07) is 6.13. The van der Waals surface area contributed by atoms with Crippen molar-refractivity contribution < 1.29 is 4.74 Å². The minimum atomic E-state index is 0.254. The van der Waals surface area contributed by atoms with Gasteiger partial charge in [0.1, 0.15) is 5.75 Å². The predicted molar refractivity (Wildman–Crippen MR) is 76.4 cm³/mol. The number of benzene rings is 1. The summed E-state index contributed by atoms with van der Waals surface area (Å²) < 4.78 is 5.46. The molecule has 0 aromatic heterocycles. The van der Waals surface area contributed by atoms with Crippen molar-refractivity contribution in [2.75, 3.05) is 13.7 Å². The maximum Gasteiger partial charge on any atom is 0.125 e. The summed E-state index contributed by atoms with van der Waals surface area (Å²) in [6.45, 7) is 3.07. The van der Waals surface area contributed by atoms with Crippen LogP contribution in [0.15, 0.2) is 29.8 Å². The van der Waals surface area contributed by atoms with Gasteiger partial charge in [0, 0.05) is 10.6 Å². The number of halogens is 1. The molecule has 1 aliphatic rings. The van der Waals surface area contributed by atoms with Crippen molar-refractivity contribution >= 4 is 11.6 Å². The van der Waals surface area contributed by atoms with Gasteiger partial charge < -0.3 is 10.1 Å². The molecule has 0 saturated heterocycles. The largest absolute Gasteiger partial charge is 0.496 e. The molecule has 1 atom stereocenters. The van der Waals surface area contributed by atoms with Crippen molar-refractivity contribution in [2.24, 2.45) is 0 Å². The van der Waals surface area contributed by atoms with Crippen LogP contribution in [0.25, 0.3) is 0 Å². The van der Waals surface area contributed by atoms with E-state index in [4.69, 9.17) is 16.3 Å². The van der Waals surface area contributed by atoms with Crippen LogP contribution in [0.5, 0.6) is 5.75 Å². The highest BCUT2D eigenvalue weighted by Crippen LogP contribution is 2.36. The van der Waals surface area contributed by atoms with Gasteiger partial charge in [-0.15, -0.1) is 0 Å². The van der Waals surface area contributed by atoms with E-state index in [1.807, 2.05) is 12.1 Å². The maximum absolute atomic E-state index is 6.02. The molecule has 1 unspecified atom stereocenters. The number of likely N-dealkylation sites (N-methyl/N-ethyl adjacent to an activating group) is 1. The molecule has 2 nitrogen and oxygen atoms in total. The van der Waals surface area contributed by atoms with E-state index in [2.05, 4.69) is 24.4 Å². The highest BCUT2D eigenvalue weighted by molar-refractivity contribution is 6.30. The van der Waals surface area contributed by atoms with Crippen molar-refractivity contribution in [3.8, 4) is 5.75 Å². The molecule has 1 aromatic carbocycles. The molecule has 0 bridgehead atoms. The number of hydrogen-bond donors (Lipinski definition) is 1. The van der Waals surface area contributed by atoms with E-state index in [1.165, 1.54) is 30.4 Å². The van der Waals surface area contributed by atoms with Gasteiger partial charge in [-0.3, -0.25) is 0 Å². The fraction of sp³-hybridized carbons (Fsp3) is 0.467. The van der Waals surface area contributed by atoms with Crippen LogP contribution in [0.3, 0.4) is 0 Å². The summed E-state index contributed by atoms with van der Waals surface area (Å²) in [7, 11) is 1.70. The smallest absolute Gasteiger partial charge is 0.125 e. The molecule has 0 amide bonds. The van der Waals surface area contributed by atoms with Gasteiger partial charge in [-0.1, -0.05) is 36.2 Å². The third-order valence-electron chi connectivity index (χ3n) is 3.36. The number of hydrogen-bond acceptors (Lipinski definition) is 2. The molecule has 0 spiro atoms. The van der Waals surface area contributed by atoms with Crippen LogP contribution in [0.1, 0.15) is 37.8 Å². The number of allylic oxidation sites excluding steroid dienone is 1. The SMILES string of the molecule is CCNC(C1=CCCC1)c1ccc(Cl)cc1OC. The van der Waals surface area contributed by atoms with Gasteiger partial charge in [0.15, 0.2) is 0 Å². The minimum absolute atomic E-state index is 0.254. The Balaban J connectivity index is 2.35. The van der Waals surface area contributed by atoms with Gasteiger partial charge >= 0.3 is 0 Å². The second-order valence-electron chi connectivity index (χ2n) is 4.55. The average molecular weight is 266 g/mol. The molecular weight excluding hydrogens is 246 g/mol. The first kappa shape index (κ1) is 13.4. The minimum Gasteiger partial charge on any atom is -0.496 e. The van der Waals surface area contributed by atoms with Crippen LogP contribution in [0.2, 0.25) is 5.02 Å². The Morgan fingerprint density at radius 3 is 2.89 bits per heavy atom. The molecule has 0 fully saturated rings. The van der Waals surface area contributed by atoms with Gasteiger partial charge in [-0.25, -0.2) is 0 Å². The third-order valence-corrected chi connectivity index (χ3v) is 3.60. The Labute approximate surface area is 114 Å². The molecule has 3 heteroatoms. The normalized spacial score (nSPS) is 16.5. The molecule has 18 heavy (non-hydrogen) atoms. The summed E-state index contributed by atoms with van der Waals surface area (Å²) in [4.78, 5) is 0. The van der Waals surface area contributed by atoms with Gasteiger partial charge in [0.25, 0.3) is 0 Å².